The smallest absolute Gasteiger partial charge is 0.333 e. The van der Waals surface area contributed by atoms with Crippen LogP contribution in [0.3, 0.4) is 0 Å². The summed E-state index contributed by atoms with van der Waals surface area (Å²) < 4.78 is 54.6. The Hall–Kier alpha value is -2.09. The van der Waals surface area contributed by atoms with Crippen molar-refractivity contribution in [3.05, 3.63) is 43.7 Å². The molecule has 3 rings (SSSR count). The Balaban J connectivity index is 2.18. The van der Waals surface area contributed by atoms with Gasteiger partial charge in [-0.1, -0.05) is 48.0 Å². The Labute approximate surface area is 281 Å². The number of aromatic nitrogens is 2. The van der Waals surface area contributed by atoms with E-state index in [1.807, 2.05) is 33.9 Å². The first kappa shape index (κ1) is 39.4. The number of hydrogen-bond donors (Lipinski definition) is 2. The second kappa shape index (κ2) is 13.7. The lowest BCUT2D eigenvalue weighted by atomic mass is 9.89. The van der Waals surface area contributed by atoms with Crippen LogP contribution in [0.15, 0.2) is 26.9 Å². The van der Waals surface area contributed by atoms with Crippen molar-refractivity contribution in [2.45, 2.75) is 141 Å². The maximum Gasteiger partial charge on any atom is 0.333 e. The Morgan fingerprint density at radius 3 is 2.15 bits per heavy atom. The minimum absolute atomic E-state index is 0.0624. The maximum absolute atomic E-state index is 14.1. The quantitative estimate of drug-likeness (QED) is 0.184. The Kier molecular flexibility index (Phi) is 11.4. The lowest BCUT2D eigenvalue weighted by molar-refractivity contribution is -0.120. The van der Waals surface area contributed by atoms with Crippen molar-refractivity contribution in [1.82, 2.24) is 14.5 Å². The molecule has 0 bridgehead atoms. The molecule has 1 aromatic rings. The summed E-state index contributed by atoms with van der Waals surface area (Å²) in [6.07, 6.45) is 0.0599. The van der Waals surface area contributed by atoms with Gasteiger partial charge < -0.3 is 24.6 Å². The first-order valence-electron chi connectivity index (χ1n) is 16.2. The molecule has 13 nitrogen and oxygen atoms in total. The van der Waals surface area contributed by atoms with E-state index in [1.165, 1.54) is 10.8 Å². The molecule has 47 heavy (non-hydrogen) atoms. The van der Waals surface area contributed by atoms with Crippen molar-refractivity contribution in [2.24, 2.45) is 5.73 Å². The van der Waals surface area contributed by atoms with Gasteiger partial charge in [0.15, 0.2) is 28.5 Å². The van der Waals surface area contributed by atoms with E-state index in [0.717, 1.165) is 9.98 Å². The number of unbranched alkanes of at least 4 members (excludes halogenated alkanes) is 2. The summed E-state index contributed by atoms with van der Waals surface area (Å²) >= 11 is 0. The summed E-state index contributed by atoms with van der Waals surface area (Å²) in [4.78, 5) is 39.0. The molecule has 0 saturated carbocycles. The molecule has 1 aromatic heterocycles. The zero-order valence-electron chi connectivity index (χ0n) is 30.2. The van der Waals surface area contributed by atoms with Gasteiger partial charge in [0.05, 0.1) is 17.7 Å². The van der Waals surface area contributed by atoms with Crippen LogP contribution in [0, 0.1) is 6.92 Å². The predicted molar refractivity (Wildman–Crippen MR) is 186 cm³/mol. The molecule has 1 amide bonds. The van der Waals surface area contributed by atoms with E-state index in [0.29, 0.717) is 31.2 Å². The van der Waals surface area contributed by atoms with E-state index in [-0.39, 0.29) is 34.8 Å². The predicted octanol–water partition coefficient (Wildman–Crippen LogP) is 3.83. The number of nitrogens with one attached hydrogen (secondary N) is 1. The van der Waals surface area contributed by atoms with E-state index >= 15 is 0 Å². The van der Waals surface area contributed by atoms with Crippen molar-refractivity contribution < 1.29 is 31.0 Å². The van der Waals surface area contributed by atoms with E-state index < -0.39 is 62.0 Å². The highest BCUT2D eigenvalue weighted by atomic mass is 32.2. The summed E-state index contributed by atoms with van der Waals surface area (Å²) in [7, 11) is -7.76. The van der Waals surface area contributed by atoms with Crippen LogP contribution in [0.1, 0.15) is 79.0 Å². The van der Waals surface area contributed by atoms with Crippen LogP contribution in [-0.4, -0.2) is 71.6 Å². The van der Waals surface area contributed by atoms with Crippen LogP contribution in [0.4, 0.5) is 0 Å². The number of carbonyl (C=O) groups is 1. The topological polar surface area (TPSA) is 170 Å². The molecule has 0 aliphatic carbocycles. The third-order valence-corrected chi connectivity index (χ3v) is 20.3. The number of nitrogens with zero attached hydrogens (tertiary/aromatic N) is 2. The van der Waals surface area contributed by atoms with E-state index in [9.17, 15) is 22.8 Å². The molecule has 1 spiro atoms. The minimum Gasteiger partial charge on any atom is -0.414 e. The van der Waals surface area contributed by atoms with Gasteiger partial charge in [0.1, 0.15) is 12.2 Å². The monoisotopic (exact) mass is 716 g/mol. The minimum atomic E-state index is -4.24. The van der Waals surface area contributed by atoms with Crippen LogP contribution in [0.25, 0.3) is 0 Å². The van der Waals surface area contributed by atoms with Gasteiger partial charge in [0.25, 0.3) is 15.7 Å². The number of carbonyl (C=O) groups excluding carboxylic acids is 1. The zero-order valence-corrected chi connectivity index (χ0v) is 33.0. The highest BCUT2D eigenvalue weighted by Gasteiger charge is 2.67. The number of ether oxygens (including phenoxy) is 1. The average molecular weight is 717 g/mol. The van der Waals surface area contributed by atoms with Gasteiger partial charge in [0, 0.05) is 31.8 Å². The van der Waals surface area contributed by atoms with E-state index in [2.05, 4.69) is 39.2 Å². The van der Waals surface area contributed by atoms with Gasteiger partial charge in [-0.25, -0.2) is 8.98 Å². The summed E-state index contributed by atoms with van der Waals surface area (Å²) in [5.41, 5.74) is 3.87. The van der Waals surface area contributed by atoms with Gasteiger partial charge in [-0.05, 0) is 56.0 Å². The summed E-state index contributed by atoms with van der Waals surface area (Å²) in [6, 6.07) is 0. The Morgan fingerprint density at radius 2 is 1.64 bits per heavy atom. The van der Waals surface area contributed by atoms with Crippen LogP contribution in [-0.2, 0) is 39.2 Å². The lowest BCUT2D eigenvalue weighted by Gasteiger charge is -2.43. The molecule has 3 N–H and O–H groups in total. The highest BCUT2D eigenvalue weighted by molar-refractivity contribution is 7.90. The molecular weight excluding hydrogens is 661 g/mol. The highest BCUT2D eigenvalue weighted by Crippen LogP contribution is 2.52. The number of nitrogens with two attached hydrogens (primary N) is 1. The molecule has 1 saturated heterocycles. The molecule has 1 fully saturated rings. The second-order valence-corrected chi connectivity index (χ2v) is 26.7. The van der Waals surface area contributed by atoms with Crippen molar-refractivity contribution in [2.75, 3.05) is 13.7 Å². The third-order valence-electron chi connectivity index (χ3n) is 10.3. The maximum atomic E-state index is 14.1. The SMILES string of the molecule is CNC(=O)CCCCCn1c(=O)c(C)cn([C@@H]2OC(CO[Si](C)(C)C(C)(C)C)C3(OS(=O)(=O)C=C3N)[C@H]2O[Si](C)(C)C(C)(C)C)c1=O. The van der Waals surface area contributed by atoms with Gasteiger partial charge in [-0.2, -0.15) is 8.42 Å². The van der Waals surface area contributed by atoms with Gasteiger partial charge in [0.2, 0.25) is 5.91 Å². The molecule has 3 heterocycles. The molecule has 4 atom stereocenters. The van der Waals surface area contributed by atoms with Crippen molar-refractivity contribution in [3.63, 3.8) is 0 Å². The molecule has 0 radical (unpaired) electrons. The summed E-state index contributed by atoms with van der Waals surface area (Å²) in [5, 5.41) is 2.98. The molecular formula is C31H56N4O9SSi2. The molecule has 268 valence electrons. The second-order valence-electron chi connectivity index (χ2n) is 15.8. The number of aryl methyl sites for hydroxylation is 1. The van der Waals surface area contributed by atoms with Gasteiger partial charge in [-0.3, -0.25) is 18.7 Å². The lowest BCUT2D eigenvalue weighted by Crippen LogP contribution is -2.59. The molecule has 16 heteroatoms. The van der Waals surface area contributed by atoms with Crippen LogP contribution in [0.2, 0.25) is 36.3 Å². The first-order valence-corrected chi connectivity index (χ1v) is 23.5. The molecule has 2 aliphatic rings. The molecule has 2 unspecified atom stereocenters. The largest absolute Gasteiger partial charge is 0.414 e. The number of rotatable bonds is 12. The first-order chi connectivity index (χ1) is 21.3. The fourth-order valence-corrected chi connectivity index (χ4v) is 8.72. The van der Waals surface area contributed by atoms with Crippen LogP contribution < -0.4 is 22.3 Å². The van der Waals surface area contributed by atoms with Gasteiger partial charge in [-0.15, -0.1) is 0 Å². The Morgan fingerprint density at radius 1 is 1.04 bits per heavy atom. The third kappa shape index (κ3) is 8.05. The van der Waals surface area contributed by atoms with Crippen molar-refractivity contribution in [1.29, 1.82) is 0 Å². The van der Waals surface area contributed by atoms with Crippen LogP contribution in [0.5, 0.6) is 0 Å². The fraction of sp³-hybridized carbons (Fsp3) is 0.774. The summed E-state index contributed by atoms with van der Waals surface area (Å²) in [5.74, 6) is -0.0725. The fourth-order valence-electron chi connectivity index (χ4n) is 5.21. The van der Waals surface area contributed by atoms with Crippen LogP contribution >= 0.6 is 0 Å². The average Bonchev–Trinajstić information content (AvgIpc) is 3.35. The van der Waals surface area contributed by atoms with E-state index in [4.69, 9.17) is 23.5 Å². The Bertz CT molecular complexity index is 1590. The van der Waals surface area contributed by atoms with E-state index in [1.54, 1.807) is 14.0 Å². The molecule has 2 aliphatic heterocycles. The van der Waals surface area contributed by atoms with Crippen molar-refractivity contribution >= 4 is 32.7 Å². The standard InChI is InChI=1S/C31H56N4O9SSi2/c1-21-18-35(28(38)34(26(21)37)17-15-13-14-16-24(36)33-8)27-25(43-47(11,12)30(5,6)7)31(22(32)20-45(39,40)44-31)23(42-27)19-41-46(9,10)29(2,3)4/h18,20,23,25,27H,13-17,19,32H2,1-12H3,(H,33,36)/t23?,25-,27+,31?/m0/s1. The van der Waals surface area contributed by atoms with Crippen molar-refractivity contribution in [3.8, 4) is 0 Å². The van der Waals surface area contributed by atoms with Gasteiger partial charge >= 0.3 is 5.69 Å². The number of hydrogen-bond acceptors (Lipinski definition) is 10. The molecule has 0 aromatic carbocycles. The normalized spacial score (nSPS) is 24.9. The summed E-state index contributed by atoms with van der Waals surface area (Å²) in [6.45, 7) is 22.2. The number of amides is 1. The zero-order chi connectivity index (χ0) is 36.0.